The molecule has 13 heavy (non-hydrogen) atoms. The zero-order valence-corrected chi connectivity index (χ0v) is 9.37. The molecule has 0 saturated heterocycles. The van der Waals surface area contributed by atoms with Gasteiger partial charge < -0.3 is 5.73 Å². The van der Waals surface area contributed by atoms with Crippen LogP contribution in [-0.2, 0) is 6.54 Å². The number of nitro benzene ring substituents is 1. The second-order valence-electron chi connectivity index (χ2n) is 2.36. The molecule has 0 fully saturated rings. The molecule has 0 aliphatic carbocycles. The van der Waals surface area contributed by atoms with Gasteiger partial charge in [-0.1, -0.05) is 11.6 Å². The van der Waals surface area contributed by atoms with Gasteiger partial charge in [0.05, 0.1) is 9.95 Å². The molecule has 2 N–H and O–H groups in total. The molecule has 0 bridgehead atoms. The second kappa shape index (κ2) is 4.21. The predicted octanol–water partition coefficient (Wildman–Crippen LogP) is 2.31. The Balaban J connectivity index is 3.33. The van der Waals surface area contributed by atoms with E-state index in [1.54, 1.807) is 0 Å². The number of nitrogens with zero attached hydrogens (tertiary/aromatic N) is 1. The number of hydrogen-bond acceptors (Lipinski definition) is 3. The summed E-state index contributed by atoms with van der Waals surface area (Å²) in [7, 11) is 0. The smallest absolute Gasteiger partial charge is 0.275 e. The third-order valence-corrected chi connectivity index (χ3v) is 3.06. The highest BCUT2D eigenvalue weighted by Gasteiger charge is 2.14. The second-order valence-corrected chi connectivity index (χ2v) is 3.93. The largest absolute Gasteiger partial charge is 0.326 e. The van der Waals surface area contributed by atoms with Gasteiger partial charge in [-0.2, -0.15) is 0 Å². The first-order valence-corrected chi connectivity index (χ1v) is 4.84. The molecular formula is C7H6ClIN2O2. The Labute approximate surface area is 93.4 Å². The molecule has 1 aromatic carbocycles. The summed E-state index contributed by atoms with van der Waals surface area (Å²) in [5.74, 6) is 0. The van der Waals surface area contributed by atoms with Crippen LogP contribution in [0.2, 0.25) is 5.02 Å². The molecule has 1 rings (SSSR count). The number of halogens is 2. The van der Waals surface area contributed by atoms with Crippen LogP contribution in [0.4, 0.5) is 5.69 Å². The van der Waals surface area contributed by atoms with Crippen molar-refractivity contribution >= 4 is 39.9 Å². The van der Waals surface area contributed by atoms with Crippen LogP contribution in [0.25, 0.3) is 0 Å². The van der Waals surface area contributed by atoms with E-state index in [4.69, 9.17) is 17.3 Å². The Morgan fingerprint density at radius 2 is 2.23 bits per heavy atom. The zero-order valence-electron chi connectivity index (χ0n) is 6.46. The summed E-state index contributed by atoms with van der Waals surface area (Å²) in [6, 6.07) is 2.95. The molecule has 0 amide bonds. The van der Waals surface area contributed by atoms with Crippen molar-refractivity contribution in [1.82, 2.24) is 0 Å². The van der Waals surface area contributed by atoms with Gasteiger partial charge in [-0.3, -0.25) is 10.1 Å². The van der Waals surface area contributed by atoms with Gasteiger partial charge >= 0.3 is 0 Å². The lowest BCUT2D eigenvalue weighted by Gasteiger charge is -2.01. The Kier molecular flexibility index (Phi) is 3.46. The molecular weight excluding hydrogens is 306 g/mol. The average molecular weight is 312 g/mol. The lowest BCUT2D eigenvalue weighted by molar-refractivity contribution is -0.385. The number of rotatable bonds is 2. The Morgan fingerprint density at radius 3 is 2.69 bits per heavy atom. The van der Waals surface area contributed by atoms with Crippen LogP contribution in [0.3, 0.4) is 0 Å². The lowest BCUT2D eigenvalue weighted by atomic mass is 10.2. The maximum absolute atomic E-state index is 10.5. The lowest BCUT2D eigenvalue weighted by Crippen LogP contribution is -2.02. The van der Waals surface area contributed by atoms with Gasteiger partial charge in [0.25, 0.3) is 5.69 Å². The normalized spacial score (nSPS) is 10.1. The summed E-state index contributed by atoms with van der Waals surface area (Å²) in [6.45, 7) is 0.118. The van der Waals surface area contributed by atoms with Gasteiger partial charge in [0, 0.05) is 21.7 Å². The average Bonchev–Trinajstić information content (AvgIpc) is 2.08. The van der Waals surface area contributed by atoms with Gasteiger partial charge in [0.2, 0.25) is 0 Å². The fraction of sp³-hybridized carbons (Fsp3) is 0.143. The van der Waals surface area contributed by atoms with Crippen molar-refractivity contribution < 1.29 is 4.92 Å². The maximum Gasteiger partial charge on any atom is 0.275 e. The van der Waals surface area contributed by atoms with Crippen molar-refractivity contribution in [2.45, 2.75) is 6.54 Å². The monoisotopic (exact) mass is 312 g/mol. The van der Waals surface area contributed by atoms with E-state index in [1.165, 1.54) is 12.1 Å². The molecule has 0 aromatic heterocycles. The van der Waals surface area contributed by atoms with Crippen LogP contribution in [0.1, 0.15) is 5.56 Å². The van der Waals surface area contributed by atoms with E-state index < -0.39 is 4.92 Å². The van der Waals surface area contributed by atoms with Crippen molar-refractivity contribution in [3.8, 4) is 0 Å². The summed E-state index contributed by atoms with van der Waals surface area (Å²) in [6.07, 6.45) is 0. The SMILES string of the molecule is NCc1cc(Cl)c(I)cc1[N+](=O)[O-]. The quantitative estimate of drug-likeness (QED) is 0.517. The number of nitro groups is 1. The van der Waals surface area contributed by atoms with E-state index in [0.29, 0.717) is 14.2 Å². The number of hydrogen-bond donors (Lipinski definition) is 1. The highest BCUT2D eigenvalue weighted by Crippen LogP contribution is 2.27. The summed E-state index contributed by atoms with van der Waals surface area (Å²) >= 11 is 7.72. The minimum absolute atomic E-state index is 0.0244. The molecule has 0 heterocycles. The molecule has 4 nitrogen and oxygen atoms in total. The van der Waals surface area contributed by atoms with E-state index in [0.717, 1.165) is 0 Å². The van der Waals surface area contributed by atoms with Crippen LogP contribution in [0, 0.1) is 13.7 Å². The van der Waals surface area contributed by atoms with E-state index in [2.05, 4.69) is 0 Å². The van der Waals surface area contributed by atoms with Gasteiger partial charge in [0.1, 0.15) is 0 Å². The zero-order chi connectivity index (χ0) is 10.0. The third kappa shape index (κ3) is 2.29. The standard InChI is InChI=1S/C7H6ClIN2O2/c8-5-1-4(3-10)7(11(12)13)2-6(5)9/h1-2H,3,10H2. The molecule has 0 saturated carbocycles. The van der Waals surface area contributed by atoms with Gasteiger partial charge in [-0.05, 0) is 28.7 Å². The summed E-state index contributed by atoms with van der Waals surface area (Å²) in [5.41, 5.74) is 5.82. The third-order valence-electron chi connectivity index (χ3n) is 1.54. The highest BCUT2D eigenvalue weighted by molar-refractivity contribution is 14.1. The van der Waals surface area contributed by atoms with Crippen molar-refractivity contribution in [3.63, 3.8) is 0 Å². The Hall–Kier alpha value is -0.400. The molecule has 6 heteroatoms. The minimum Gasteiger partial charge on any atom is -0.326 e. The van der Waals surface area contributed by atoms with E-state index in [1.807, 2.05) is 22.6 Å². The first kappa shape index (κ1) is 10.7. The van der Waals surface area contributed by atoms with E-state index in [-0.39, 0.29) is 12.2 Å². The number of benzene rings is 1. The first-order valence-electron chi connectivity index (χ1n) is 3.38. The topological polar surface area (TPSA) is 69.2 Å². The van der Waals surface area contributed by atoms with E-state index in [9.17, 15) is 10.1 Å². The highest BCUT2D eigenvalue weighted by atomic mass is 127. The Bertz CT molecular complexity index is 357. The first-order chi connectivity index (χ1) is 6.06. The van der Waals surface area contributed by atoms with Gasteiger partial charge in [-0.15, -0.1) is 0 Å². The fourth-order valence-electron chi connectivity index (χ4n) is 0.911. The van der Waals surface area contributed by atoms with Crippen molar-refractivity contribution in [2.75, 3.05) is 0 Å². The molecule has 0 radical (unpaired) electrons. The van der Waals surface area contributed by atoms with Crippen LogP contribution < -0.4 is 5.73 Å². The molecule has 0 aliphatic rings. The van der Waals surface area contributed by atoms with Crippen molar-refractivity contribution in [2.24, 2.45) is 5.73 Å². The predicted molar refractivity (Wildman–Crippen MR) is 58.7 cm³/mol. The Morgan fingerprint density at radius 1 is 1.62 bits per heavy atom. The van der Waals surface area contributed by atoms with Crippen molar-refractivity contribution in [1.29, 1.82) is 0 Å². The molecule has 70 valence electrons. The van der Waals surface area contributed by atoms with E-state index >= 15 is 0 Å². The molecule has 0 atom stereocenters. The molecule has 0 unspecified atom stereocenters. The minimum atomic E-state index is -0.458. The van der Waals surface area contributed by atoms with Crippen LogP contribution in [0.5, 0.6) is 0 Å². The summed E-state index contributed by atoms with van der Waals surface area (Å²) in [5, 5.41) is 11.0. The maximum atomic E-state index is 10.5. The molecule has 1 aromatic rings. The van der Waals surface area contributed by atoms with Gasteiger partial charge in [-0.25, -0.2) is 0 Å². The molecule has 0 aliphatic heterocycles. The van der Waals surface area contributed by atoms with Crippen LogP contribution in [0.15, 0.2) is 12.1 Å². The number of nitrogens with two attached hydrogens (primary N) is 1. The van der Waals surface area contributed by atoms with Gasteiger partial charge in [0.15, 0.2) is 0 Å². The van der Waals surface area contributed by atoms with Crippen LogP contribution in [-0.4, -0.2) is 4.92 Å². The molecule has 0 spiro atoms. The van der Waals surface area contributed by atoms with Crippen molar-refractivity contribution in [3.05, 3.63) is 36.4 Å². The summed E-state index contributed by atoms with van der Waals surface area (Å²) < 4.78 is 0.656. The summed E-state index contributed by atoms with van der Waals surface area (Å²) in [4.78, 5) is 10.1. The fourth-order valence-corrected chi connectivity index (χ4v) is 1.55. The van der Waals surface area contributed by atoms with Crippen LogP contribution >= 0.6 is 34.2 Å².